The van der Waals surface area contributed by atoms with Crippen LogP contribution in [0.3, 0.4) is 0 Å². The van der Waals surface area contributed by atoms with E-state index in [-0.39, 0.29) is 5.56 Å². The van der Waals surface area contributed by atoms with E-state index >= 15 is 0 Å². The van der Waals surface area contributed by atoms with Crippen LogP contribution >= 0.6 is 0 Å². The number of hydrogen-bond acceptors (Lipinski definition) is 4. The first-order chi connectivity index (χ1) is 9.22. The second kappa shape index (κ2) is 4.76. The van der Waals surface area contributed by atoms with E-state index in [2.05, 4.69) is 14.9 Å². The lowest BCUT2D eigenvalue weighted by Crippen LogP contribution is -2.28. The van der Waals surface area contributed by atoms with Crippen molar-refractivity contribution in [2.75, 3.05) is 18.1 Å². The van der Waals surface area contributed by atoms with Gasteiger partial charge >= 0.3 is 0 Å². The number of fused-ring (bicyclic) bond motifs is 1. The van der Waals surface area contributed by atoms with E-state index in [0.717, 1.165) is 11.3 Å². The first-order valence-electron chi connectivity index (χ1n) is 6.26. The number of benzene rings is 1. The maximum atomic E-state index is 11.5. The fourth-order valence-corrected chi connectivity index (χ4v) is 2.25. The summed E-state index contributed by atoms with van der Waals surface area (Å²) in [5.74, 6) is 2.23. The minimum atomic E-state index is -0.124. The molecule has 0 saturated heterocycles. The number of nitrogens with one attached hydrogen (secondary N) is 1. The number of aromatic nitrogens is 2. The molecule has 0 fully saturated rings. The van der Waals surface area contributed by atoms with Crippen LogP contribution in [0.15, 0.2) is 35.1 Å². The quantitative estimate of drug-likeness (QED) is 0.840. The summed E-state index contributed by atoms with van der Waals surface area (Å²) in [5.41, 5.74) is 0.987. The monoisotopic (exact) mass is 257 g/mol. The van der Waals surface area contributed by atoms with Gasteiger partial charge in [-0.3, -0.25) is 4.79 Å². The van der Waals surface area contributed by atoms with Crippen LogP contribution in [0.1, 0.15) is 11.4 Å². The van der Waals surface area contributed by atoms with Gasteiger partial charge in [0.15, 0.2) is 0 Å². The Morgan fingerprint density at radius 1 is 1.37 bits per heavy atom. The van der Waals surface area contributed by atoms with Gasteiger partial charge in [0.25, 0.3) is 5.56 Å². The van der Waals surface area contributed by atoms with Crippen molar-refractivity contribution in [3.05, 3.63) is 52.1 Å². The number of hydrogen-bond donors (Lipinski definition) is 1. The second-order valence-corrected chi connectivity index (χ2v) is 4.57. The van der Waals surface area contributed by atoms with E-state index in [1.807, 2.05) is 24.3 Å². The lowest BCUT2D eigenvalue weighted by Gasteiger charge is -2.20. The summed E-state index contributed by atoms with van der Waals surface area (Å²) in [6.07, 6.45) is 0. The van der Waals surface area contributed by atoms with E-state index in [0.29, 0.717) is 31.3 Å². The van der Waals surface area contributed by atoms with Gasteiger partial charge in [-0.05, 0) is 13.0 Å². The molecule has 1 aromatic heterocycles. The summed E-state index contributed by atoms with van der Waals surface area (Å²) < 4.78 is 5.71. The number of H-pyrrole nitrogens is 1. The standard InChI is InChI=1S/C14H15N3O2/c1-10-15-13(8-14(18)16-10)17-6-7-19-12-5-3-2-4-11(12)9-17/h2-5,8H,6-7,9H2,1H3,(H,15,16,18). The molecule has 0 spiro atoms. The molecule has 0 aliphatic carbocycles. The molecular formula is C14H15N3O2. The predicted molar refractivity (Wildman–Crippen MR) is 72.6 cm³/mol. The maximum Gasteiger partial charge on any atom is 0.252 e. The summed E-state index contributed by atoms with van der Waals surface area (Å²) in [7, 11) is 0. The minimum absolute atomic E-state index is 0.124. The maximum absolute atomic E-state index is 11.5. The molecule has 0 radical (unpaired) electrons. The van der Waals surface area contributed by atoms with Gasteiger partial charge in [0, 0.05) is 18.2 Å². The Labute approximate surface area is 110 Å². The number of rotatable bonds is 1. The smallest absolute Gasteiger partial charge is 0.252 e. The Morgan fingerprint density at radius 2 is 2.21 bits per heavy atom. The largest absolute Gasteiger partial charge is 0.491 e. The third-order valence-electron chi connectivity index (χ3n) is 3.12. The molecule has 0 atom stereocenters. The van der Waals surface area contributed by atoms with Crippen molar-refractivity contribution in [3.63, 3.8) is 0 Å². The highest BCUT2D eigenvalue weighted by molar-refractivity contribution is 5.43. The number of aromatic amines is 1. The van der Waals surface area contributed by atoms with Gasteiger partial charge in [0.2, 0.25) is 0 Å². The van der Waals surface area contributed by atoms with E-state index in [9.17, 15) is 4.79 Å². The van der Waals surface area contributed by atoms with Gasteiger partial charge in [0.05, 0.1) is 6.54 Å². The van der Waals surface area contributed by atoms with Crippen LogP contribution in [0.25, 0.3) is 0 Å². The molecule has 0 saturated carbocycles. The second-order valence-electron chi connectivity index (χ2n) is 4.57. The molecular weight excluding hydrogens is 242 g/mol. The Morgan fingerprint density at radius 3 is 3.05 bits per heavy atom. The van der Waals surface area contributed by atoms with Crippen LogP contribution in [0.4, 0.5) is 5.82 Å². The molecule has 98 valence electrons. The van der Waals surface area contributed by atoms with Crippen LogP contribution < -0.4 is 15.2 Å². The van der Waals surface area contributed by atoms with Gasteiger partial charge < -0.3 is 14.6 Å². The van der Waals surface area contributed by atoms with Crippen molar-refractivity contribution in [3.8, 4) is 5.75 Å². The summed E-state index contributed by atoms with van der Waals surface area (Å²) in [6, 6.07) is 9.48. The van der Waals surface area contributed by atoms with Crippen LogP contribution in [-0.4, -0.2) is 23.1 Å². The average Bonchev–Trinajstić information content (AvgIpc) is 2.59. The molecule has 1 aliphatic rings. The molecule has 1 aliphatic heterocycles. The highest BCUT2D eigenvalue weighted by Crippen LogP contribution is 2.24. The number of anilines is 1. The Hall–Kier alpha value is -2.30. The molecule has 0 amide bonds. The third-order valence-corrected chi connectivity index (χ3v) is 3.12. The van der Waals surface area contributed by atoms with Gasteiger partial charge in [0.1, 0.15) is 24.0 Å². The van der Waals surface area contributed by atoms with Crippen molar-refractivity contribution in [2.45, 2.75) is 13.5 Å². The minimum Gasteiger partial charge on any atom is -0.491 e. The van der Waals surface area contributed by atoms with Crippen LogP contribution in [0.5, 0.6) is 5.75 Å². The number of nitrogens with zero attached hydrogens (tertiary/aromatic N) is 2. The summed E-state index contributed by atoms with van der Waals surface area (Å²) in [4.78, 5) is 20.6. The van der Waals surface area contributed by atoms with Crippen molar-refractivity contribution in [2.24, 2.45) is 0 Å². The Bertz CT molecular complexity index is 651. The third kappa shape index (κ3) is 2.45. The Kier molecular flexibility index (Phi) is 2.95. The normalized spacial score (nSPS) is 14.5. The predicted octanol–water partition coefficient (Wildman–Crippen LogP) is 1.48. The van der Waals surface area contributed by atoms with E-state index in [1.54, 1.807) is 6.92 Å². The fraction of sp³-hybridized carbons (Fsp3) is 0.286. The molecule has 2 aromatic rings. The molecule has 3 rings (SSSR count). The summed E-state index contributed by atoms with van der Waals surface area (Å²) in [6.45, 7) is 3.79. The number of aryl methyl sites for hydroxylation is 1. The van der Waals surface area contributed by atoms with E-state index < -0.39 is 0 Å². The lowest BCUT2D eigenvalue weighted by molar-refractivity contribution is 0.331. The molecule has 1 N–H and O–H groups in total. The summed E-state index contributed by atoms with van der Waals surface area (Å²) in [5, 5.41) is 0. The molecule has 1 aromatic carbocycles. The first kappa shape index (κ1) is 11.8. The molecule has 5 heteroatoms. The van der Waals surface area contributed by atoms with E-state index in [1.165, 1.54) is 6.07 Å². The van der Waals surface area contributed by atoms with Gasteiger partial charge in [-0.15, -0.1) is 0 Å². The molecule has 2 heterocycles. The molecule has 0 unspecified atom stereocenters. The highest BCUT2D eigenvalue weighted by atomic mass is 16.5. The molecule has 0 bridgehead atoms. The van der Waals surface area contributed by atoms with Crippen molar-refractivity contribution in [1.29, 1.82) is 0 Å². The highest BCUT2D eigenvalue weighted by Gasteiger charge is 2.16. The topological polar surface area (TPSA) is 58.2 Å². The van der Waals surface area contributed by atoms with Crippen LogP contribution in [0.2, 0.25) is 0 Å². The van der Waals surface area contributed by atoms with Gasteiger partial charge in [-0.25, -0.2) is 4.98 Å². The molecule has 19 heavy (non-hydrogen) atoms. The fourth-order valence-electron chi connectivity index (χ4n) is 2.25. The van der Waals surface area contributed by atoms with Crippen molar-refractivity contribution >= 4 is 5.82 Å². The van der Waals surface area contributed by atoms with Crippen molar-refractivity contribution < 1.29 is 4.74 Å². The summed E-state index contributed by atoms with van der Waals surface area (Å²) >= 11 is 0. The van der Waals surface area contributed by atoms with Gasteiger partial charge in [-0.1, -0.05) is 18.2 Å². The zero-order valence-corrected chi connectivity index (χ0v) is 10.7. The lowest BCUT2D eigenvalue weighted by atomic mass is 10.2. The SMILES string of the molecule is Cc1nc(N2CCOc3ccccc3C2)cc(=O)[nH]1. The van der Waals surface area contributed by atoms with Crippen LogP contribution in [-0.2, 0) is 6.54 Å². The Balaban J connectivity index is 1.96. The van der Waals surface area contributed by atoms with E-state index in [4.69, 9.17) is 4.74 Å². The first-order valence-corrected chi connectivity index (χ1v) is 6.26. The molecule has 5 nitrogen and oxygen atoms in total. The zero-order chi connectivity index (χ0) is 13.2. The zero-order valence-electron chi connectivity index (χ0n) is 10.7. The number of ether oxygens (including phenoxy) is 1. The number of para-hydroxylation sites is 1. The van der Waals surface area contributed by atoms with Crippen molar-refractivity contribution in [1.82, 2.24) is 9.97 Å². The average molecular weight is 257 g/mol. The van der Waals surface area contributed by atoms with Gasteiger partial charge in [-0.2, -0.15) is 0 Å². The van der Waals surface area contributed by atoms with Crippen LogP contribution in [0, 0.1) is 6.92 Å².